The van der Waals surface area contributed by atoms with Crippen LogP contribution in [0.5, 0.6) is 5.75 Å². The second kappa shape index (κ2) is 8.72. The van der Waals surface area contributed by atoms with Crippen molar-refractivity contribution in [3.63, 3.8) is 0 Å². The zero-order valence-electron chi connectivity index (χ0n) is 14.6. The van der Waals surface area contributed by atoms with Gasteiger partial charge in [-0.05, 0) is 23.3 Å². The first-order valence-electron chi connectivity index (χ1n) is 8.60. The molecule has 0 atom stereocenters. The van der Waals surface area contributed by atoms with Gasteiger partial charge in [-0.25, -0.2) is 0 Å². The average Bonchev–Trinajstić information content (AvgIpc) is 2.73. The molecule has 3 rings (SSSR count). The highest BCUT2D eigenvalue weighted by Crippen LogP contribution is 2.20. The zero-order valence-corrected chi connectivity index (χ0v) is 14.6. The molecule has 0 fully saturated rings. The van der Waals surface area contributed by atoms with E-state index in [1.54, 1.807) is 30.3 Å². The molecule has 134 valence electrons. The van der Waals surface area contributed by atoms with E-state index in [1.807, 2.05) is 42.5 Å². The molecule has 4 nitrogen and oxygen atoms in total. The van der Waals surface area contributed by atoms with Crippen LogP contribution in [0.4, 0.5) is 0 Å². The van der Waals surface area contributed by atoms with Crippen LogP contribution in [0.25, 0.3) is 11.1 Å². The normalized spacial score (nSPS) is 10.2. The Hall–Kier alpha value is -3.53. The van der Waals surface area contributed by atoms with Crippen molar-refractivity contribution in [2.24, 2.45) is 0 Å². The molecule has 0 aromatic heterocycles. The Morgan fingerprint density at radius 1 is 0.778 bits per heavy atom. The molecule has 3 aromatic carbocycles. The summed E-state index contributed by atoms with van der Waals surface area (Å²) in [6.07, 6.45) is 0.724. The number of benzene rings is 3. The maximum Gasteiger partial charge on any atom is 0.311 e. The van der Waals surface area contributed by atoms with E-state index in [9.17, 15) is 14.4 Å². The SMILES string of the molecule is O=Cc1cccc(OC(=O)CCC(=O)c2ccc(-c3ccccc3)cc2)c1. The van der Waals surface area contributed by atoms with Gasteiger partial charge in [0.05, 0.1) is 6.42 Å². The Balaban J connectivity index is 1.55. The number of carbonyl (C=O) groups is 3. The number of Topliss-reactive ketones (excluding diaryl/α,β-unsaturated/α-hetero) is 1. The lowest BCUT2D eigenvalue weighted by atomic mass is 10.0. The molecule has 0 N–H and O–H groups in total. The van der Waals surface area contributed by atoms with Crippen LogP contribution < -0.4 is 4.74 Å². The summed E-state index contributed by atoms with van der Waals surface area (Å²) in [5.41, 5.74) is 3.10. The summed E-state index contributed by atoms with van der Waals surface area (Å²) < 4.78 is 5.17. The van der Waals surface area contributed by atoms with Crippen LogP contribution in [0.2, 0.25) is 0 Å². The fourth-order valence-corrected chi connectivity index (χ4v) is 2.67. The number of ketones is 1. The van der Waals surface area contributed by atoms with Gasteiger partial charge in [-0.3, -0.25) is 14.4 Å². The van der Waals surface area contributed by atoms with Crippen LogP contribution >= 0.6 is 0 Å². The van der Waals surface area contributed by atoms with Gasteiger partial charge in [0.1, 0.15) is 12.0 Å². The van der Waals surface area contributed by atoms with Crippen molar-refractivity contribution in [3.05, 3.63) is 90.0 Å². The summed E-state index contributed by atoms with van der Waals surface area (Å²) in [5, 5.41) is 0. The van der Waals surface area contributed by atoms with E-state index in [0.29, 0.717) is 23.2 Å². The van der Waals surface area contributed by atoms with Gasteiger partial charge in [0.25, 0.3) is 0 Å². The third-order valence-electron chi connectivity index (χ3n) is 4.10. The number of hydrogen-bond donors (Lipinski definition) is 0. The molecule has 0 amide bonds. The Morgan fingerprint density at radius 3 is 2.19 bits per heavy atom. The largest absolute Gasteiger partial charge is 0.426 e. The Morgan fingerprint density at radius 2 is 1.48 bits per heavy atom. The van der Waals surface area contributed by atoms with Crippen molar-refractivity contribution in [2.75, 3.05) is 0 Å². The molecule has 0 heterocycles. The molecule has 4 heteroatoms. The molecule has 0 radical (unpaired) electrons. The van der Waals surface area contributed by atoms with Gasteiger partial charge < -0.3 is 4.74 Å². The van der Waals surface area contributed by atoms with Crippen LogP contribution in [-0.2, 0) is 4.79 Å². The van der Waals surface area contributed by atoms with Gasteiger partial charge in [-0.2, -0.15) is 0 Å². The number of carbonyl (C=O) groups excluding carboxylic acids is 3. The van der Waals surface area contributed by atoms with Gasteiger partial charge in [0.2, 0.25) is 0 Å². The highest BCUT2D eigenvalue weighted by molar-refractivity contribution is 5.98. The van der Waals surface area contributed by atoms with Gasteiger partial charge >= 0.3 is 5.97 Å². The first-order chi connectivity index (χ1) is 13.2. The molecule has 0 saturated heterocycles. The van der Waals surface area contributed by atoms with E-state index < -0.39 is 5.97 Å². The predicted molar refractivity (Wildman–Crippen MR) is 103 cm³/mol. The van der Waals surface area contributed by atoms with Gasteiger partial charge in [-0.15, -0.1) is 0 Å². The van der Waals surface area contributed by atoms with Crippen LogP contribution in [0, 0.1) is 0 Å². The molecule has 0 unspecified atom stereocenters. The van der Waals surface area contributed by atoms with Crippen molar-refractivity contribution < 1.29 is 19.1 Å². The molecule has 0 bridgehead atoms. The Bertz CT molecular complexity index is 944. The van der Waals surface area contributed by atoms with Crippen molar-refractivity contribution in [3.8, 4) is 16.9 Å². The van der Waals surface area contributed by atoms with E-state index in [2.05, 4.69) is 0 Å². The second-order valence-corrected chi connectivity index (χ2v) is 6.03. The molecule has 0 aliphatic rings. The number of esters is 1. The average molecular weight is 358 g/mol. The van der Waals surface area contributed by atoms with Crippen LogP contribution in [0.15, 0.2) is 78.9 Å². The quantitative estimate of drug-likeness (QED) is 0.265. The van der Waals surface area contributed by atoms with Crippen LogP contribution in [0.3, 0.4) is 0 Å². The standard InChI is InChI=1S/C23H18O4/c24-16-17-5-4-8-21(15-17)27-23(26)14-13-22(25)20-11-9-19(10-12-20)18-6-2-1-3-7-18/h1-12,15-16H,13-14H2. The van der Waals surface area contributed by atoms with Crippen molar-refractivity contribution >= 4 is 18.0 Å². The number of rotatable bonds is 7. The maximum atomic E-state index is 12.3. The lowest BCUT2D eigenvalue weighted by molar-refractivity contribution is -0.134. The van der Waals surface area contributed by atoms with Crippen molar-refractivity contribution in [1.29, 1.82) is 0 Å². The smallest absolute Gasteiger partial charge is 0.311 e. The Labute approximate surface area is 157 Å². The van der Waals surface area contributed by atoms with Crippen molar-refractivity contribution in [2.45, 2.75) is 12.8 Å². The van der Waals surface area contributed by atoms with Crippen molar-refractivity contribution in [1.82, 2.24) is 0 Å². The molecule has 27 heavy (non-hydrogen) atoms. The molecule has 0 saturated carbocycles. The third-order valence-corrected chi connectivity index (χ3v) is 4.10. The van der Waals surface area contributed by atoms with E-state index in [1.165, 1.54) is 6.07 Å². The highest BCUT2D eigenvalue weighted by atomic mass is 16.5. The number of hydrogen-bond acceptors (Lipinski definition) is 4. The Kier molecular flexibility index (Phi) is 5.90. The summed E-state index contributed by atoms with van der Waals surface area (Å²) in [6, 6.07) is 23.5. The third kappa shape index (κ3) is 4.98. The molecular formula is C23H18O4. The summed E-state index contributed by atoms with van der Waals surface area (Å²) in [5.74, 6) is -0.329. The van der Waals surface area contributed by atoms with Gasteiger partial charge in [0.15, 0.2) is 5.78 Å². The monoisotopic (exact) mass is 358 g/mol. The van der Waals surface area contributed by atoms with Crippen LogP contribution in [-0.4, -0.2) is 18.0 Å². The minimum atomic E-state index is -0.507. The highest BCUT2D eigenvalue weighted by Gasteiger charge is 2.11. The fraction of sp³-hybridized carbons (Fsp3) is 0.0870. The molecule has 3 aromatic rings. The summed E-state index contributed by atoms with van der Waals surface area (Å²) >= 11 is 0. The van der Waals surface area contributed by atoms with Gasteiger partial charge in [-0.1, -0.05) is 66.7 Å². The van der Waals surface area contributed by atoms with Crippen LogP contribution in [0.1, 0.15) is 33.6 Å². The number of ether oxygens (including phenoxy) is 1. The van der Waals surface area contributed by atoms with E-state index in [4.69, 9.17) is 4.74 Å². The lowest BCUT2D eigenvalue weighted by Crippen LogP contribution is -2.11. The first-order valence-corrected chi connectivity index (χ1v) is 8.60. The molecule has 0 spiro atoms. The van der Waals surface area contributed by atoms with E-state index in [-0.39, 0.29) is 18.6 Å². The molecule has 0 aliphatic carbocycles. The van der Waals surface area contributed by atoms with Gasteiger partial charge in [0, 0.05) is 17.5 Å². The zero-order chi connectivity index (χ0) is 19.1. The topological polar surface area (TPSA) is 60.4 Å². The number of aldehydes is 1. The second-order valence-electron chi connectivity index (χ2n) is 6.03. The predicted octanol–water partition coefficient (Wildman–Crippen LogP) is 4.73. The lowest BCUT2D eigenvalue weighted by Gasteiger charge is -2.06. The minimum Gasteiger partial charge on any atom is -0.426 e. The summed E-state index contributed by atoms with van der Waals surface area (Å²) in [4.78, 5) is 35.0. The van der Waals surface area contributed by atoms with E-state index >= 15 is 0 Å². The van der Waals surface area contributed by atoms with E-state index in [0.717, 1.165) is 11.1 Å². The molecular weight excluding hydrogens is 340 g/mol. The first kappa shape index (κ1) is 18.3. The maximum absolute atomic E-state index is 12.3. The minimum absolute atomic E-state index is 0.0232. The molecule has 0 aliphatic heterocycles. The fourth-order valence-electron chi connectivity index (χ4n) is 2.67. The summed E-state index contributed by atoms with van der Waals surface area (Å²) in [6.45, 7) is 0. The summed E-state index contributed by atoms with van der Waals surface area (Å²) in [7, 11) is 0.